The van der Waals surface area contributed by atoms with E-state index >= 15 is 0 Å². The lowest BCUT2D eigenvalue weighted by molar-refractivity contribution is -0.182. The molecule has 0 aromatic heterocycles. The van der Waals surface area contributed by atoms with Crippen LogP contribution < -0.4 is 16.1 Å². The maximum atomic E-state index is 14.0. The first-order valence-electron chi connectivity index (χ1n) is 7.53. The van der Waals surface area contributed by atoms with Crippen LogP contribution in [0.3, 0.4) is 0 Å². The smallest absolute Gasteiger partial charge is 0.391 e. The number of rotatable bonds is 4. The van der Waals surface area contributed by atoms with E-state index in [-0.39, 0.29) is 42.6 Å². The lowest BCUT2D eigenvalue weighted by atomic mass is 9.85. The van der Waals surface area contributed by atoms with Gasteiger partial charge in [0.15, 0.2) is 0 Å². The summed E-state index contributed by atoms with van der Waals surface area (Å²) in [6.45, 7) is 0. The predicted molar refractivity (Wildman–Crippen MR) is 82.2 cm³/mol. The van der Waals surface area contributed by atoms with E-state index in [2.05, 4.69) is 10.6 Å². The molecular formula is C15H18F4N3O2-. The van der Waals surface area contributed by atoms with Crippen molar-refractivity contribution in [3.8, 4) is 0 Å². The van der Waals surface area contributed by atoms with Crippen LogP contribution in [0.5, 0.6) is 0 Å². The Morgan fingerprint density at radius 3 is 2.29 bits per heavy atom. The third kappa shape index (κ3) is 4.08. The SMILES string of the molecule is CNc1cc(F)c(C(=O)NC2CCC(C(F)(F)F)CC2)cc1N[O-]. The Morgan fingerprint density at radius 2 is 1.79 bits per heavy atom. The summed E-state index contributed by atoms with van der Waals surface area (Å²) in [5.74, 6) is -2.92. The molecule has 0 atom stereocenters. The molecule has 0 spiro atoms. The van der Waals surface area contributed by atoms with Gasteiger partial charge in [0.25, 0.3) is 5.91 Å². The number of benzene rings is 1. The average Bonchev–Trinajstić information content (AvgIpc) is 2.54. The summed E-state index contributed by atoms with van der Waals surface area (Å²) in [6, 6.07) is 1.64. The van der Waals surface area contributed by atoms with Gasteiger partial charge in [-0.1, -0.05) is 0 Å². The highest BCUT2D eigenvalue weighted by atomic mass is 19.4. The first-order valence-corrected chi connectivity index (χ1v) is 7.53. The quantitative estimate of drug-likeness (QED) is 0.574. The highest BCUT2D eigenvalue weighted by Crippen LogP contribution is 2.37. The molecule has 1 saturated carbocycles. The van der Waals surface area contributed by atoms with Gasteiger partial charge in [0.2, 0.25) is 0 Å². The highest BCUT2D eigenvalue weighted by molar-refractivity contribution is 5.96. The predicted octanol–water partition coefficient (Wildman–Crippen LogP) is 3.63. The molecule has 1 aliphatic carbocycles. The van der Waals surface area contributed by atoms with Gasteiger partial charge in [-0.05, 0) is 37.8 Å². The van der Waals surface area contributed by atoms with Crippen LogP contribution in [0.25, 0.3) is 0 Å². The molecule has 1 aromatic rings. The van der Waals surface area contributed by atoms with Crippen molar-refractivity contribution < 1.29 is 22.4 Å². The standard InChI is InChI=1S/C15H18F4N3O2/c1-20-12-7-11(16)10(6-13(12)22-24)14(23)21-9-4-2-8(3-5-9)15(17,18)19/h6-9,20,22H,2-5H2,1H3,(H,21,23)/q-1. The van der Waals surface area contributed by atoms with Gasteiger partial charge in [-0.25, -0.2) is 4.39 Å². The molecule has 2 rings (SSSR count). The molecule has 0 bridgehead atoms. The lowest BCUT2D eigenvalue weighted by Crippen LogP contribution is -2.40. The van der Waals surface area contributed by atoms with E-state index in [0.717, 1.165) is 12.1 Å². The number of carbonyl (C=O) groups is 1. The van der Waals surface area contributed by atoms with Crippen LogP contribution >= 0.6 is 0 Å². The third-order valence-corrected chi connectivity index (χ3v) is 4.26. The molecule has 1 fully saturated rings. The van der Waals surface area contributed by atoms with Crippen molar-refractivity contribution in [2.75, 3.05) is 17.8 Å². The number of carbonyl (C=O) groups excluding carboxylic acids is 1. The van der Waals surface area contributed by atoms with Crippen LogP contribution in [0, 0.1) is 16.9 Å². The fourth-order valence-corrected chi connectivity index (χ4v) is 2.87. The maximum Gasteiger partial charge on any atom is 0.391 e. The molecule has 0 aliphatic heterocycles. The molecule has 134 valence electrons. The number of hydrogen-bond acceptors (Lipinski definition) is 4. The van der Waals surface area contributed by atoms with E-state index in [1.54, 1.807) is 5.48 Å². The van der Waals surface area contributed by atoms with Crippen molar-refractivity contribution in [2.24, 2.45) is 5.92 Å². The van der Waals surface area contributed by atoms with Gasteiger partial charge in [-0.3, -0.25) is 4.79 Å². The van der Waals surface area contributed by atoms with Crippen molar-refractivity contribution in [3.05, 3.63) is 28.7 Å². The zero-order chi connectivity index (χ0) is 17.9. The molecule has 5 nitrogen and oxygen atoms in total. The molecule has 0 radical (unpaired) electrons. The molecule has 0 unspecified atom stereocenters. The largest absolute Gasteiger partial charge is 0.761 e. The first kappa shape index (κ1) is 18.3. The fraction of sp³-hybridized carbons (Fsp3) is 0.533. The van der Waals surface area contributed by atoms with Gasteiger partial charge >= 0.3 is 6.18 Å². The average molecular weight is 348 g/mol. The van der Waals surface area contributed by atoms with Crippen LogP contribution in [0.4, 0.5) is 28.9 Å². The molecule has 3 N–H and O–H groups in total. The van der Waals surface area contributed by atoms with E-state index in [1.165, 1.54) is 7.05 Å². The molecule has 1 aliphatic rings. The molecule has 1 aromatic carbocycles. The first-order chi connectivity index (χ1) is 11.3. The van der Waals surface area contributed by atoms with E-state index in [1.807, 2.05) is 0 Å². The fourth-order valence-electron chi connectivity index (χ4n) is 2.87. The number of alkyl halides is 3. The van der Waals surface area contributed by atoms with E-state index in [4.69, 9.17) is 0 Å². The molecule has 0 heterocycles. The van der Waals surface area contributed by atoms with Crippen LogP contribution in [0.1, 0.15) is 36.0 Å². The Hall–Kier alpha value is -2.03. The zero-order valence-electron chi connectivity index (χ0n) is 13.0. The van der Waals surface area contributed by atoms with E-state index in [0.29, 0.717) is 0 Å². The summed E-state index contributed by atoms with van der Waals surface area (Å²) < 4.78 is 51.9. The summed E-state index contributed by atoms with van der Waals surface area (Å²) in [4.78, 5) is 12.2. The summed E-state index contributed by atoms with van der Waals surface area (Å²) in [5.41, 5.74) is 1.49. The molecule has 1 amide bonds. The monoisotopic (exact) mass is 348 g/mol. The molecule has 9 heteroatoms. The summed E-state index contributed by atoms with van der Waals surface area (Å²) in [7, 11) is 1.49. The number of nitrogens with one attached hydrogen (secondary N) is 3. The van der Waals surface area contributed by atoms with E-state index in [9.17, 15) is 27.6 Å². The minimum atomic E-state index is -4.22. The second kappa shape index (κ2) is 7.25. The normalized spacial score (nSPS) is 21.2. The Kier molecular flexibility index (Phi) is 5.53. The van der Waals surface area contributed by atoms with E-state index < -0.39 is 29.9 Å². The highest BCUT2D eigenvalue weighted by Gasteiger charge is 2.41. The third-order valence-electron chi connectivity index (χ3n) is 4.26. The van der Waals surface area contributed by atoms with Gasteiger partial charge in [-0.15, -0.1) is 0 Å². The Balaban J connectivity index is 2.03. The Labute approximate surface area is 136 Å². The van der Waals surface area contributed by atoms with Gasteiger partial charge in [-0.2, -0.15) is 13.2 Å². The molecule has 0 saturated heterocycles. The molecule has 24 heavy (non-hydrogen) atoms. The topological polar surface area (TPSA) is 76.2 Å². The Morgan fingerprint density at radius 1 is 1.17 bits per heavy atom. The van der Waals surface area contributed by atoms with Gasteiger partial charge in [0.1, 0.15) is 5.82 Å². The number of hydrogen-bond donors (Lipinski definition) is 3. The van der Waals surface area contributed by atoms with Crippen molar-refractivity contribution in [1.82, 2.24) is 5.32 Å². The van der Waals surface area contributed by atoms with Crippen LogP contribution in [0.15, 0.2) is 12.1 Å². The summed E-state index contributed by atoms with van der Waals surface area (Å²) in [6.07, 6.45) is -4.00. The minimum absolute atomic E-state index is 0.00447. The van der Waals surface area contributed by atoms with Crippen molar-refractivity contribution in [1.29, 1.82) is 0 Å². The van der Waals surface area contributed by atoms with Gasteiger partial charge in [0.05, 0.1) is 17.2 Å². The number of anilines is 2. The zero-order valence-corrected chi connectivity index (χ0v) is 13.0. The van der Waals surface area contributed by atoms with Crippen molar-refractivity contribution in [2.45, 2.75) is 37.9 Å². The number of amides is 1. The summed E-state index contributed by atoms with van der Waals surface area (Å²) in [5, 5.41) is 16.0. The van der Waals surface area contributed by atoms with Gasteiger partial charge in [0, 0.05) is 18.8 Å². The second-order valence-electron chi connectivity index (χ2n) is 5.79. The Bertz CT molecular complexity index is 599. The lowest BCUT2D eigenvalue weighted by Gasteiger charge is -2.30. The summed E-state index contributed by atoms with van der Waals surface area (Å²) >= 11 is 0. The van der Waals surface area contributed by atoms with Crippen molar-refractivity contribution >= 4 is 17.3 Å². The second-order valence-corrected chi connectivity index (χ2v) is 5.79. The molecular weight excluding hydrogens is 330 g/mol. The minimum Gasteiger partial charge on any atom is -0.761 e. The van der Waals surface area contributed by atoms with Crippen molar-refractivity contribution in [3.63, 3.8) is 0 Å². The van der Waals surface area contributed by atoms with Crippen LogP contribution in [0.2, 0.25) is 0 Å². The van der Waals surface area contributed by atoms with Gasteiger partial charge < -0.3 is 21.3 Å². The van der Waals surface area contributed by atoms with Crippen LogP contribution in [-0.4, -0.2) is 25.2 Å². The number of halogens is 4. The van der Waals surface area contributed by atoms with Crippen LogP contribution in [-0.2, 0) is 0 Å². The maximum absolute atomic E-state index is 14.0.